The third kappa shape index (κ3) is 2.79. The summed E-state index contributed by atoms with van der Waals surface area (Å²) in [5.41, 5.74) is 0.697. The maximum absolute atomic E-state index is 11.4. The highest BCUT2D eigenvalue weighted by atomic mass is 35.5. The number of nitrogens with zero attached hydrogens (tertiary/aromatic N) is 3. The fourth-order valence-corrected chi connectivity index (χ4v) is 1.63. The molecule has 0 bridgehead atoms. The highest BCUT2D eigenvalue weighted by molar-refractivity contribution is 6.30. The molecule has 1 fully saturated rings. The van der Waals surface area contributed by atoms with Crippen molar-refractivity contribution in [1.29, 1.82) is 0 Å². The highest BCUT2D eigenvalue weighted by Gasteiger charge is 2.17. The molecule has 1 aliphatic rings. The zero-order valence-corrected chi connectivity index (χ0v) is 9.52. The quantitative estimate of drug-likeness (QED) is 0.728. The number of carbonyl (C=O) groups excluding carboxylic acids is 1. The number of carbonyl (C=O) groups is 1. The van der Waals surface area contributed by atoms with Crippen LogP contribution in [0.1, 0.15) is 19.3 Å². The van der Waals surface area contributed by atoms with E-state index in [1.54, 1.807) is 24.3 Å². The number of hydrogen-bond donors (Lipinski definition) is 0. The van der Waals surface area contributed by atoms with Crippen molar-refractivity contribution < 1.29 is 4.79 Å². The van der Waals surface area contributed by atoms with E-state index in [9.17, 15) is 4.79 Å². The van der Waals surface area contributed by atoms with Gasteiger partial charge in [0.2, 0.25) is 5.91 Å². The van der Waals surface area contributed by atoms with Crippen LogP contribution in [0, 0.1) is 0 Å². The van der Waals surface area contributed by atoms with E-state index in [1.807, 2.05) is 0 Å². The Morgan fingerprint density at radius 3 is 2.62 bits per heavy atom. The Bertz CT molecular complexity index is 402. The lowest BCUT2D eigenvalue weighted by Gasteiger charge is -2.19. The number of amides is 1. The van der Waals surface area contributed by atoms with Crippen LogP contribution in [0.2, 0.25) is 5.02 Å². The largest absolute Gasteiger partial charge is 0.273 e. The smallest absolute Gasteiger partial charge is 0.244 e. The second kappa shape index (κ2) is 5.07. The number of halogens is 1. The summed E-state index contributed by atoms with van der Waals surface area (Å²) in [6.07, 6.45) is 2.51. The predicted octanol–water partition coefficient (Wildman–Crippen LogP) is 3.35. The number of piperidine rings is 1. The fourth-order valence-electron chi connectivity index (χ4n) is 1.50. The van der Waals surface area contributed by atoms with Gasteiger partial charge in [-0.25, -0.2) is 5.01 Å². The molecule has 1 aromatic rings. The van der Waals surface area contributed by atoms with E-state index in [1.165, 1.54) is 5.01 Å². The van der Waals surface area contributed by atoms with Crippen molar-refractivity contribution in [3.63, 3.8) is 0 Å². The Hall–Kier alpha value is -1.42. The molecule has 84 valence electrons. The molecule has 1 aliphatic heterocycles. The maximum atomic E-state index is 11.4. The first kappa shape index (κ1) is 11.1. The van der Waals surface area contributed by atoms with Crippen LogP contribution in [0.5, 0.6) is 0 Å². The van der Waals surface area contributed by atoms with Crippen LogP contribution in [0.3, 0.4) is 0 Å². The van der Waals surface area contributed by atoms with Gasteiger partial charge >= 0.3 is 0 Å². The number of benzene rings is 1. The van der Waals surface area contributed by atoms with Crippen molar-refractivity contribution in [2.45, 2.75) is 19.3 Å². The molecule has 0 unspecified atom stereocenters. The van der Waals surface area contributed by atoms with Crippen LogP contribution in [-0.2, 0) is 4.79 Å². The molecule has 16 heavy (non-hydrogen) atoms. The SMILES string of the molecule is O=C1CCCCN1N=Nc1ccc(Cl)cc1. The van der Waals surface area contributed by atoms with Gasteiger partial charge in [0.05, 0.1) is 5.69 Å². The first-order valence-electron chi connectivity index (χ1n) is 5.23. The Morgan fingerprint density at radius 2 is 1.94 bits per heavy atom. The van der Waals surface area contributed by atoms with Crippen molar-refractivity contribution >= 4 is 23.2 Å². The van der Waals surface area contributed by atoms with E-state index in [4.69, 9.17) is 11.6 Å². The minimum absolute atomic E-state index is 0.0453. The number of rotatable bonds is 2. The Balaban J connectivity index is 2.02. The van der Waals surface area contributed by atoms with E-state index >= 15 is 0 Å². The fraction of sp³-hybridized carbons (Fsp3) is 0.364. The van der Waals surface area contributed by atoms with Gasteiger partial charge in [0.15, 0.2) is 0 Å². The monoisotopic (exact) mass is 237 g/mol. The molecule has 0 aliphatic carbocycles. The average Bonchev–Trinajstić information content (AvgIpc) is 2.30. The van der Waals surface area contributed by atoms with Crippen LogP contribution in [-0.4, -0.2) is 17.5 Å². The summed E-state index contributed by atoms with van der Waals surface area (Å²) >= 11 is 5.75. The minimum Gasteiger partial charge on any atom is -0.273 e. The summed E-state index contributed by atoms with van der Waals surface area (Å²) < 4.78 is 0. The Morgan fingerprint density at radius 1 is 1.19 bits per heavy atom. The summed E-state index contributed by atoms with van der Waals surface area (Å²) in [4.78, 5) is 11.4. The Kier molecular flexibility index (Phi) is 3.51. The average molecular weight is 238 g/mol. The molecule has 2 rings (SSSR count). The molecule has 4 nitrogen and oxygen atoms in total. The van der Waals surface area contributed by atoms with Crippen molar-refractivity contribution in [2.24, 2.45) is 10.3 Å². The van der Waals surface area contributed by atoms with Gasteiger partial charge < -0.3 is 0 Å². The van der Waals surface area contributed by atoms with Crippen LogP contribution in [0.15, 0.2) is 34.6 Å². The van der Waals surface area contributed by atoms with Crippen LogP contribution < -0.4 is 0 Å². The summed E-state index contributed by atoms with van der Waals surface area (Å²) in [6.45, 7) is 0.663. The third-order valence-electron chi connectivity index (χ3n) is 2.39. The van der Waals surface area contributed by atoms with Crippen molar-refractivity contribution in [2.75, 3.05) is 6.54 Å². The summed E-state index contributed by atoms with van der Waals surface area (Å²) in [6, 6.07) is 7.02. The highest BCUT2D eigenvalue weighted by Crippen LogP contribution is 2.18. The van der Waals surface area contributed by atoms with E-state index in [2.05, 4.69) is 10.3 Å². The zero-order valence-electron chi connectivity index (χ0n) is 8.77. The summed E-state index contributed by atoms with van der Waals surface area (Å²) in [5, 5.41) is 10.0. The van der Waals surface area contributed by atoms with Gasteiger partial charge in [-0.2, -0.15) is 0 Å². The predicted molar refractivity (Wildman–Crippen MR) is 61.5 cm³/mol. The Labute approximate surface area is 98.9 Å². The molecular formula is C11H12ClN3O. The molecule has 0 aromatic heterocycles. The van der Waals surface area contributed by atoms with Crippen LogP contribution >= 0.6 is 11.6 Å². The lowest BCUT2D eigenvalue weighted by atomic mass is 10.1. The standard InChI is InChI=1S/C11H12ClN3O/c12-9-4-6-10(7-5-9)13-14-15-8-2-1-3-11(15)16/h4-7H,1-3,8H2. The topological polar surface area (TPSA) is 45.0 Å². The molecule has 0 N–H and O–H groups in total. The molecule has 1 amide bonds. The lowest BCUT2D eigenvalue weighted by Crippen LogP contribution is -2.30. The maximum Gasteiger partial charge on any atom is 0.244 e. The molecule has 0 atom stereocenters. The third-order valence-corrected chi connectivity index (χ3v) is 2.65. The van der Waals surface area contributed by atoms with Gasteiger partial charge in [-0.3, -0.25) is 4.79 Å². The van der Waals surface area contributed by atoms with Crippen molar-refractivity contribution in [3.05, 3.63) is 29.3 Å². The second-order valence-corrected chi connectivity index (χ2v) is 4.08. The normalized spacial score (nSPS) is 17.1. The molecule has 5 heteroatoms. The first-order chi connectivity index (χ1) is 7.75. The van der Waals surface area contributed by atoms with Crippen LogP contribution in [0.4, 0.5) is 5.69 Å². The van der Waals surface area contributed by atoms with E-state index in [-0.39, 0.29) is 5.91 Å². The molecular weight excluding hydrogens is 226 g/mol. The van der Waals surface area contributed by atoms with Gasteiger partial charge in [-0.15, -0.1) is 5.11 Å². The van der Waals surface area contributed by atoms with Gasteiger partial charge in [-0.1, -0.05) is 16.8 Å². The lowest BCUT2D eigenvalue weighted by molar-refractivity contribution is -0.133. The zero-order chi connectivity index (χ0) is 11.4. The number of hydrogen-bond acceptors (Lipinski definition) is 3. The minimum atomic E-state index is 0.0453. The first-order valence-corrected chi connectivity index (χ1v) is 5.61. The molecule has 0 radical (unpaired) electrons. The van der Waals surface area contributed by atoms with Gasteiger partial charge in [0.25, 0.3) is 0 Å². The molecule has 1 heterocycles. The van der Waals surface area contributed by atoms with Gasteiger partial charge in [-0.05, 0) is 37.1 Å². The molecule has 0 spiro atoms. The van der Waals surface area contributed by atoms with E-state index in [0.717, 1.165) is 12.8 Å². The summed E-state index contributed by atoms with van der Waals surface area (Å²) in [7, 11) is 0. The van der Waals surface area contributed by atoms with Gasteiger partial charge in [0.1, 0.15) is 0 Å². The van der Waals surface area contributed by atoms with Crippen molar-refractivity contribution in [1.82, 2.24) is 5.01 Å². The molecule has 0 saturated carbocycles. The second-order valence-electron chi connectivity index (χ2n) is 3.64. The molecule has 1 saturated heterocycles. The molecule has 1 aromatic carbocycles. The van der Waals surface area contributed by atoms with Crippen LogP contribution in [0.25, 0.3) is 0 Å². The van der Waals surface area contributed by atoms with Gasteiger partial charge in [0, 0.05) is 18.0 Å². The van der Waals surface area contributed by atoms with E-state index < -0.39 is 0 Å². The van der Waals surface area contributed by atoms with E-state index in [0.29, 0.717) is 23.7 Å². The summed E-state index contributed by atoms with van der Waals surface area (Å²) in [5.74, 6) is 0.0453. The van der Waals surface area contributed by atoms with Crippen molar-refractivity contribution in [3.8, 4) is 0 Å².